The van der Waals surface area contributed by atoms with E-state index in [9.17, 15) is 18.0 Å². The van der Waals surface area contributed by atoms with Crippen LogP contribution < -0.4 is 5.32 Å². The second-order valence-corrected chi connectivity index (χ2v) is 10.3. The molecule has 2 heterocycles. The number of hydrogen-bond acceptors (Lipinski definition) is 6. The molecule has 0 aliphatic carbocycles. The molecule has 10 heteroatoms. The van der Waals surface area contributed by atoms with E-state index in [1.54, 1.807) is 30.3 Å². The first-order valence-electron chi connectivity index (χ1n) is 7.74. The number of thioether (sulfide) groups is 1. The van der Waals surface area contributed by atoms with E-state index >= 15 is 0 Å². The summed E-state index contributed by atoms with van der Waals surface area (Å²) in [7, 11) is -3.08. The topological polar surface area (TPSA) is 83.6 Å². The number of rotatable bonds is 4. The summed E-state index contributed by atoms with van der Waals surface area (Å²) in [5, 5.41) is 3.26. The van der Waals surface area contributed by atoms with Crippen molar-refractivity contribution in [3.05, 3.63) is 39.8 Å². The van der Waals surface area contributed by atoms with Gasteiger partial charge in [0.1, 0.15) is 10.9 Å². The Morgan fingerprint density at radius 3 is 2.69 bits per heavy atom. The lowest BCUT2D eigenvalue weighted by Crippen LogP contribution is -2.43. The molecule has 0 aromatic heterocycles. The van der Waals surface area contributed by atoms with Crippen LogP contribution in [0.4, 0.5) is 0 Å². The van der Waals surface area contributed by atoms with Gasteiger partial charge in [-0.3, -0.25) is 14.5 Å². The predicted octanol–water partition coefficient (Wildman–Crippen LogP) is 1.84. The number of sulfone groups is 1. The average Bonchev–Trinajstić information content (AvgIpc) is 3.03. The first-order chi connectivity index (χ1) is 12.2. The molecule has 2 aliphatic rings. The molecule has 0 saturated carbocycles. The number of halogens is 1. The Morgan fingerprint density at radius 2 is 2.08 bits per heavy atom. The van der Waals surface area contributed by atoms with Gasteiger partial charge < -0.3 is 5.32 Å². The van der Waals surface area contributed by atoms with Gasteiger partial charge in [-0.2, -0.15) is 0 Å². The van der Waals surface area contributed by atoms with E-state index in [-0.39, 0.29) is 24.0 Å². The molecule has 1 N–H and O–H groups in total. The summed E-state index contributed by atoms with van der Waals surface area (Å²) in [6, 6.07) is 6.59. The standard InChI is InChI=1S/C16H15ClN2O4S3/c17-11-3-1-10(2-4-11)7-13-15(21)19(16(24)25-13)8-14(20)18-12-5-6-26(22,23)9-12/h1-4,7,12H,5-6,8-9H2,(H,18,20)/b13-7-. The maximum absolute atomic E-state index is 12.5. The number of benzene rings is 1. The fraction of sp³-hybridized carbons (Fsp3) is 0.312. The molecule has 2 fully saturated rings. The van der Waals surface area contributed by atoms with E-state index in [2.05, 4.69) is 5.32 Å². The molecule has 1 unspecified atom stereocenters. The summed E-state index contributed by atoms with van der Waals surface area (Å²) in [6.45, 7) is -0.223. The van der Waals surface area contributed by atoms with Gasteiger partial charge in [-0.15, -0.1) is 0 Å². The lowest BCUT2D eigenvalue weighted by atomic mass is 10.2. The first kappa shape index (κ1) is 19.3. The van der Waals surface area contributed by atoms with Crippen LogP contribution in [0.5, 0.6) is 0 Å². The molecule has 2 amide bonds. The van der Waals surface area contributed by atoms with Crippen molar-refractivity contribution in [2.75, 3.05) is 18.1 Å². The Kier molecular flexibility index (Phi) is 5.71. The molecule has 1 aromatic carbocycles. The van der Waals surface area contributed by atoms with Gasteiger partial charge in [0.15, 0.2) is 9.84 Å². The molecule has 3 rings (SSSR count). The Hall–Kier alpha value is -1.42. The van der Waals surface area contributed by atoms with E-state index in [0.29, 0.717) is 20.7 Å². The zero-order valence-electron chi connectivity index (χ0n) is 13.5. The van der Waals surface area contributed by atoms with E-state index < -0.39 is 21.8 Å². The minimum atomic E-state index is -3.08. The van der Waals surface area contributed by atoms with Crippen LogP contribution in [0.3, 0.4) is 0 Å². The number of nitrogens with one attached hydrogen (secondary N) is 1. The SMILES string of the molecule is O=C(CN1C(=O)/C(=C/c2ccc(Cl)cc2)SC1=S)NC1CCS(=O)(=O)C1. The molecule has 1 atom stereocenters. The van der Waals surface area contributed by atoms with Crippen molar-refractivity contribution < 1.29 is 18.0 Å². The zero-order valence-corrected chi connectivity index (χ0v) is 16.7. The second kappa shape index (κ2) is 7.67. The van der Waals surface area contributed by atoms with Crippen LogP contribution in [0.15, 0.2) is 29.2 Å². The highest BCUT2D eigenvalue weighted by molar-refractivity contribution is 8.26. The van der Waals surface area contributed by atoms with Crippen LogP contribution >= 0.6 is 35.6 Å². The van der Waals surface area contributed by atoms with Gasteiger partial charge in [0, 0.05) is 11.1 Å². The second-order valence-electron chi connectivity index (χ2n) is 5.99. The summed E-state index contributed by atoms with van der Waals surface area (Å²) in [5.41, 5.74) is 0.801. The molecule has 0 bridgehead atoms. The third-order valence-corrected chi connectivity index (χ3v) is 7.34. The third kappa shape index (κ3) is 4.64. The van der Waals surface area contributed by atoms with Gasteiger partial charge in [0.25, 0.3) is 5.91 Å². The molecule has 26 heavy (non-hydrogen) atoms. The van der Waals surface area contributed by atoms with Gasteiger partial charge in [0.05, 0.1) is 16.4 Å². The summed E-state index contributed by atoms with van der Waals surface area (Å²) in [4.78, 5) is 26.3. The van der Waals surface area contributed by atoms with Gasteiger partial charge in [-0.05, 0) is 30.2 Å². The Morgan fingerprint density at radius 1 is 1.38 bits per heavy atom. The summed E-state index contributed by atoms with van der Waals surface area (Å²) in [6.07, 6.45) is 2.08. The lowest BCUT2D eigenvalue weighted by Gasteiger charge is -2.16. The number of hydrogen-bond donors (Lipinski definition) is 1. The quantitative estimate of drug-likeness (QED) is 0.579. The monoisotopic (exact) mass is 430 g/mol. The minimum Gasteiger partial charge on any atom is -0.351 e. The highest BCUT2D eigenvalue weighted by Gasteiger charge is 2.35. The average molecular weight is 431 g/mol. The summed E-state index contributed by atoms with van der Waals surface area (Å²) >= 11 is 12.2. The molecule has 0 spiro atoms. The molecular formula is C16H15ClN2O4S3. The number of carbonyl (C=O) groups is 2. The van der Waals surface area contributed by atoms with Crippen molar-refractivity contribution in [2.24, 2.45) is 0 Å². The van der Waals surface area contributed by atoms with Crippen LogP contribution in [0.1, 0.15) is 12.0 Å². The fourth-order valence-electron chi connectivity index (χ4n) is 2.67. The number of nitrogens with zero attached hydrogens (tertiary/aromatic N) is 1. The van der Waals surface area contributed by atoms with Gasteiger partial charge in [-0.1, -0.05) is 47.7 Å². The molecule has 2 aliphatic heterocycles. The molecule has 1 aromatic rings. The fourth-order valence-corrected chi connectivity index (χ4v) is 5.73. The molecular weight excluding hydrogens is 416 g/mol. The molecule has 138 valence electrons. The predicted molar refractivity (Wildman–Crippen MR) is 107 cm³/mol. The van der Waals surface area contributed by atoms with Crippen LogP contribution in [0, 0.1) is 0 Å². The number of amides is 2. The van der Waals surface area contributed by atoms with Crippen molar-refractivity contribution in [3.8, 4) is 0 Å². The maximum atomic E-state index is 12.5. The smallest absolute Gasteiger partial charge is 0.266 e. The lowest BCUT2D eigenvalue weighted by molar-refractivity contribution is -0.129. The third-order valence-electron chi connectivity index (χ3n) is 3.94. The van der Waals surface area contributed by atoms with E-state index in [4.69, 9.17) is 23.8 Å². The van der Waals surface area contributed by atoms with Crippen molar-refractivity contribution in [2.45, 2.75) is 12.5 Å². The molecule has 2 saturated heterocycles. The van der Waals surface area contributed by atoms with Crippen molar-refractivity contribution in [1.29, 1.82) is 0 Å². The number of thiocarbonyl (C=S) groups is 1. The van der Waals surface area contributed by atoms with Crippen LogP contribution in [0.25, 0.3) is 6.08 Å². The summed E-state index contributed by atoms with van der Waals surface area (Å²) < 4.78 is 23.2. The van der Waals surface area contributed by atoms with Gasteiger partial charge in [0.2, 0.25) is 5.91 Å². The van der Waals surface area contributed by atoms with Crippen LogP contribution in [-0.2, 0) is 19.4 Å². The van der Waals surface area contributed by atoms with Crippen molar-refractivity contribution in [1.82, 2.24) is 10.2 Å². The Balaban J connectivity index is 1.63. The molecule has 6 nitrogen and oxygen atoms in total. The summed E-state index contributed by atoms with van der Waals surface area (Å²) in [5.74, 6) is -0.753. The molecule has 0 radical (unpaired) electrons. The largest absolute Gasteiger partial charge is 0.351 e. The van der Waals surface area contributed by atoms with Crippen LogP contribution in [-0.4, -0.2) is 53.5 Å². The zero-order chi connectivity index (χ0) is 18.9. The van der Waals surface area contributed by atoms with Gasteiger partial charge in [-0.25, -0.2) is 8.42 Å². The van der Waals surface area contributed by atoms with Crippen molar-refractivity contribution >= 4 is 67.6 Å². The van der Waals surface area contributed by atoms with E-state index in [1.165, 1.54) is 4.90 Å². The maximum Gasteiger partial charge on any atom is 0.266 e. The Bertz CT molecular complexity index is 897. The highest BCUT2D eigenvalue weighted by atomic mass is 35.5. The van der Waals surface area contributed by atoms with E-state index in [1.807, 2.05) is 0 Å². The first-order valence-corrected chi connectivity index (χ1v) is 11.2. The number of carbonyl (C=O) groups excluding carboxylic acids is 2. The van der Waals surface area contributed by atoms with Crippen molar-refractivity contribution in [3.63, 3.8) is 0 Å². The van der Waals surface area contributed by atoms with Crippen LogP contribution in [0.2, 0.25) is 5.02 Å². The highest BCUT2D eigenvalue weighted by Crippen LogP contribution is 2.32. The van der Waals surface area contributed by atoms with E-state index in [0.717, 1.165) is 17.3 Å². The minimum absolute atomic E-state index is 0.0619. The van der Waals surface area contributed by atoms with Gasteiger partial charge >= 0.3 is 0 Å². The normalized spacial score (nSPS) is 23.7. The Labute approximate surface area is 165 Å².